The SMILES string of the molecule is C=CC(=O)N(CCC/C=C\C=C/C)C(=O)C=C. The minimum atomic E-state index is -0.382. The lowest BCUT2D eigenvalue weighted by atomic mass is 10.2. The molecule has 3 nitrogen and oxygen atoms in total. The van der Waals surface area contributed by atoms with Gasteiger partial charge < -0.3 is 0 Å². The third-order valence-corrected chi connectivity index (χ3v) is 2.07. The van der Waals surface area contributed by atoms with E-state index in [2.05, 4.69) is 13.2 Å². The van der Waals surface area contributed by atoms with Crippen LogP contribution in [0.4, 0.5) is 0 Å². The zero-order valence-corrected chi connectivity index (χ0v) is 10.3. The molecular weight excluding hydrogens is 214 g/mol. The average Bonchev–Trinajstić information content (AvgIpc) is 2.36. The number of rotatable bonds is 7. The molecule has 0 aromatic carbocycles. The highest BCUT2D eigenvalue weighted by atomic mass is 16.2. The van der Waals surface area contributed by atoms with Crippen LogP contribution in [0.1, 0.15) is 19.8 Å². The summed E-state index contributed by atoms with van der Waals surface area (Å²) in [7, 11) is 0. The molecule has 0 rings (SSSR count). The molecule has 0 fully saturated rings. The number of carbonyl (C=O) groups is 2. The Morgan fingerprint density at radius 3 is 2.18 bits per heavy atom. The first kappa shape index (κ1) is 15.1. The summed E-state index contributed by atoms with van der Waals surface area (Å²) < 4.78 is 0. The highest BCUT2D eigenvalue weighted by Crippen LogP contribution is 2.00. The van der Waals surface area contributed by atoms with Crippen molar-refractivity contribution in [2.75, 3.05) is 6.54 Å². The van der Waals surface area contributed by atoms with E-state index in [4.69, 9.17) is 0 Å². The number of carbonyl (C=O) groups excluding carboxylic acids is 2. The van der Waals surface area contributed by atoms with Crippen molar-refractivity contribution in [3.63, 3.8) is 0 Å². The second-order valence-corrected chi connectivity index (χ2v) is 3.33. The van der Waals surface area contributed by atoms with Gasteiger partial charge in [0.2, 0.25) is 0 Å². The molecule has 0 aromatic heterocycles. The maximum absolute atomic E-state index is 11.4. The molecule has 0 saturated carbocycles. The lowest BCUT2D eigenvalue weighted by Gasteiger charge is -2.16. The quantitative estimate of drug-likeness (QED) is 0.385. The molecule has 17 heavy (non-hydrogen) atoms. The molecule has 0 spiro atoms. The first-order chi connectivity index (χ1) is 8.17. The maximum atomic E-state index is 11.4. The molecule has 0 heterocycles. The molecule has 0 aliphatic heterocycles. The Balaban J connectivity index is 4.18. The van der Waals surface area contributed by atoms with Gasteiger partial charge in [-0.3, -0.25) is 14.5 Å². The average molecular weight is 233 g/mol. The molecule has 0 aliphatic rings. The monoisotopic (exact) mass is 233 g/mol. The molecule has 0 N–H and O–H groups in total. The van der Waals surface area contributed by atoms with E-state index in [0.717, 1.165) is 29.9 Å². The van der Waals surface area contributed by atoms with Crippen LogP contribution >= 0.6 is 0 Å². The van der Waals surface area contributed by atoms with Gasteiger partial charge in [-0.2, -0.15) is 0 Å². The van der Waals surface area contributed by atoms with Crippen molar-refractivity contribution in [1.82, 2.24) is 4.90 Å². The predicted octanol–water partition coefficient (Wildman–Crippen LogP) is 2.63. The smallest absolute Gasteiger partial charge is 0.252 e. The minimum absolute atomic E-state index is 0.382. The van der Waals surface area contributed by atoms with E-state index in [9.17, 15) is 9.59 Å². The van der Waals surface area contributed by atoms with Crippen LogP contribution in [0.3, 0.4) is 0 Å². The summed E-state index contributed by atoms with van der Waals surface area (Å²) in [5.74, 6) is -0.764. The first-order valence-electron chi connectivity index (χ1n) is 5.55. The van der Waals surface area contributed by atoms with Crippen LogP contribution in [-0.2, 0) is 9.59 Å². The number of nitrogens with zero attached hydrogens (tertiary/aromatic N) is 1. The van der Waals surface area contributed by atoms with Gasteiger partial charge >= 0.3 is 0 Å². The second kappa shape index (κ2) is 9.33. The van der Waals surface area contributed by atoms with Crippen LogP contribution in [0.2, 0.25) is 0 Å². The Labute approximate surface area is 103 Å². The van der Waals surface area contributed by atoms with E-state index in [1.54, 1.807) is 0 Å². The third kappa shape index (κ3) is 6.30. The summed E-state index contributed by atoms with van der Waals surface area (Å²) >= 11 is 0. The second-order valence-electron chi connectivity index (χ2n) is 3.33. The molecule has 0 bridgehead atoms. The van der Waals surface area contributed by atoms with Crippen molar-refractivity contribution in [3.05, 3.63) is 49.6 Å². The highest BCUT2D eigenvalue weighted by Gasteiger charge is 2.14. The molecule has 0 aromatic rings. The number of hydrogen-bond acceptors (Lipinski definition) is 2. The Hall–Kier alpha value is -1.90. The Morgan fingerprint density at radius 2 is 1.71 bits per heavy atom. The lowest BCUT2D eigenvalue weighted by molar-refractivity contribution is -0.138. The molecule has 0 aliphatic carbocycles. The van der Waals surface area contributed by atoms with Crippen LogP contribution in [0.15, 0.2) is 49.6 Å². The number of allylic oxidation sites excluding steroid dienone is 4. The predicted molar refractivity (Wildman–Crippen MR) is 70.3 cm³/mol. The minimum Gasteiger partial charge on any atom is -0.275 e. The summed E-state index contributed by atoms with van der Waals surface area (Å²) in [5.41, 5.74) is 0. The summed E-state index contributed by atoms with van der Waals surface area (Å²) in [4.78, 5) is 23.9. The van der Waals surface area contributed by atoms with Crippen molar-refractivity contribution in [3.8, 4) is 0 Å². The van der Waals surface area contributed by atoms with Crippen molar-refractivity contribution < 1.29 is 9.59 Å². The highest BCUT2D eigenvalue weighted by molar-refractivity contribution is 6.04. The summed E-state index contributed by atoms with van der Waals surface area (Å²) in [6, 6.07) is 0. The van der Waals surface area contributed by atoms with Gasteiger partial charge in [-0.25, -0.2) is 0 Å². The van der Waals surface area contributed by atoms with E-state index in [0.29, 0.717) is 6.54 Å². The van der Waals surface area contributed by atoms with Gasteiger partial charge in [0.15, 0.2) is 0 Å². The molecule has 0 unspecified atom stereocenters. The van der Waals surface area contributed by atoms with Crippen LogP contribution in [0, 0.1) is 0 Å². The van der Waals surface area contributed by atoms with Gasteiger partial charge in [0.25, 0.3) is 11.8 Å². The summed E-state index contributed by atoms with van der Waals surface area (Å²) in [6.45, 7) is 9.06. The summed E-state index contributed by atoms with van der Waals surface area (Å²) in [6.07, 6.45) is 11.6. The largest absolute Gasteiger partial charge is 0.275 e. The van der Waals surface area contributed by atoms with Gasteiger partial charge in [0.05, 0.1) is 0 Å². The molecule has 0 radical (unpaired) electrons. The molecule has 3 heteroatoms. The number of unbranched alkanes of at least 4 members (excludes halogenated alkanes) is 1. The maximum Gasteiger partial charge on any atom is 0.252 e. The normalized spacial score (nSPS) is 10.6. The Morgan fingerprint density at radius 1 is 1.12 bits per heavy atom. The molecule has 92 valence electrons. The summed E-state index contributed by atoms with van der Waals surface area (Å²) in [5, 5.41) is 0. The van der Waals surface area contributed by atoms with E-state index < -0.39 is 0 Å². The van der Waals surface area contributed by atoms with Gasteiger partial charge in [0.1, 0.15) is 0 Å². The fourth-order valence-electron chi connectivity index (χ4n) is 1.20. The molecule has 0 atom stereocenters. The third-order valence-electron chi connectivity index (χ3n) is 2.07. The van der Waals surface area contributed by atoms with Crippen LogP contribution in [0.25, 0.3) is 0 Å². The standard InChI is InChI=1S/C14H19NO2/c1-4-7-8-9-10-11-12-15(13(16)5-2)14(17)6-3/h4-9H,2-3,10-12H2,1H3/b7-4-,9-8-. The van der Waals surface area contributed by atoms with E-state index in [-0.39, 0.29) is 11.8 Å². The first-order valence-corrected chi connectivity index (χ1v) is 5.55. The van der Waals surface area contributed by atoms with Gasteiger partial charge in [-0.05, 0) is 31.9 Å². The van der Waals surface area contributed by atoms with Crippen molar-refractivity contribution in [2.24, 2.45) is 0 Å². The van der Waals surface area contributed by atoms with Crippen LogP contribution in [-0.4, -0.2) is 23.3 Å². The van der Waals surface area contributed by atoms with Crippen molar-refractivity contribution in [1.29, 1.82) is 0 Å². The molecular formula is C14H19NO2. The molecule has 0 saturated heterocycles. The van der Waals surface area contributed by atoms with Crippen molar-refractivity contribution in [2.45, 2.75) is 19.8 Å². The molecule has 2 amide bonds. The topological polar surface area (TPSA) is 37.4 Å². The Kier molecular flexibility index (Phi) is 8.29. The Bertz CT molecular complexity index is 320. The number of hydrogen-bond donors (Lipinski definition) is 0. The van der Waals surface area contributed by atoms with Gasteiger partial charge in [0, 0.05) is 6.54 Å². The van der Waals surface area contributed by atoms with Crippen LogP contribution in [0.5, 0.6) is 0 Å². The number of imide groups is 1. The number of amides is 2. The van der Waals surface area contributed by atoms with Crippen molar-refractivity contribution >= 4 is 11.8 Å². The lowest BCUT2D eigenvalue weighted by Crippen LogP contribution is -2.35. The van der Waals surface area contributed by atoms with Crippen LogP contribution < -0.4 is 0 Å². The fourth-order valence-corrected chi connectivity index (χ4v) is 1.20. The van der Waals surface area contributed by atoms with Gasteiger partial charge in [-0.1, -0.05) is 37.5 Å². The van der Waals surface area contributed by atoms with E-state index >= 15 is 0 Å². The van der Waals surface area contributed by atoms with E-state index in [1.165, 1.54) is 0 Å². The van der Waals surface area contributed by atoms with Gasteiger partial charge in [-0.15, -0.1) is 0 Å². The fraction of sp³-hybridized carbons (Fsp3) is 0.286. The zero-order chi connectivity index (χ0) is 13.1. The van der Waals surface area contributed by atoms with E-state index in [1.807, 2.05) is 31.2 Å². The zero-order valence-electron chi connectivity index (χ0n) is 10.3.